The molecule has 0 aromatic carbocycles. The average Bonchev–Trinajstić information content (AvgIpc) is 1.41. The zero-order valence-corrected chi connectivity index (χ0v) is 12.3. The number of phosphoric acid groups is 1. The summed E-state index contributed by atoms with van der Waals surface area (Å²) >= 11 is -11.2. The molecule has 0 atom stereocenters. The van der Waals surface area contributed by atoms with Crippen LogP contribution in [0.15, 0.2) is 0 Å². The fourth-order valence-electron chi connectivity index (χ4n) is 0. The van der Waals surface area contributed by atoms with E-state index in [1.807, 2.05) is 0 Å². The van der Waals surface area contributed by atoms with Crippen LogP contribution in [-0.2, 0) is 51.6 Å². The molecule has 0 aliphatic carbocycles. The van der Waals surface area contributed by atoms with Gasteiger partial charge in [0.05, 0.1) is 0 Å². The van der Waals surface area contributed by atoms with E-state index in [1.54, 1.807) is 0 Å². The van der Waals surface area contributed by atoms with Gasteiger partial charge in [0, 0.05) is 0 Å². The molecule has 7 N–H and O–H groups in total. The number of hydrogen-bond donors (Lipinski definition) is 7. The Labute approximate surface area is 89.1 Å². The fourth-order valence-corrected chi connectivity index (χ4v) is 0. The van der Waals surface area contributed by atoms with Crippen molar-refractivity contribution in [3.05, 3.63) is 0 Å². The third-order valence-electron chi connectivity index (χ3n) is 0. The Balaban J connectivity index is -0.000000144. The predicted octanol–water partition coefficient (Wildman–Crippen LogP) is -3.64. The van der Waals surface area contributed by atoms with Crippen LogP contribution in [0.3, 0.4) is 0 Å². The molecule has 15 heavy (non-hydrogen) atoms. The van der Waals surface area contributed by atoms with E-state index in [9.17, 15) is 0 Å². The molecule has 0 aliphatic heterocycles. The Hall–Kier alpha value is 0.527. The molecule has 15 heteroatoms. The van der Waals surface area contributed by atoms with Gasteiger partial charge < -0.3 is 14.7 Å². The summed E-state index contributed by atoms with van der Waals surface area (Å²) in [7, 11) is -4.64. The zero-order chi connectivity index (χ0) is 13.5. The van der Waals surface area contributed by atoms with Gasteiger partial charge >= 0.3 is 69.9 Å². The van der Waals surface area contributed by atoms with E-state index >= 15 is 0 Å². The van der Waals surface area contributed by atoms with Gasteiger partial charge in [-0.05, 0) is 0 Å². The van der Waals surface area contributed by atoms with E-state index in [2.05, 4.69) is 0 Å². The van der Waals surface area contributed by atoms with Gasteiger partial charge in [0.15, 0.2) is 0 Å². The van der Waals surface area contributed by atoms with E-state index in [-0.39, 0.29) is 0 Å². The van der Waals surface area contributed by atoms with Crippen molar-refractivity contribution in [2.24, 2.45) is 0 Å². The Morgan fingerprint density at radius 2 is 0.933 bits per heavy atom. The van der Waals surface area contributed by atoms with Gasteiger partial charge in [-0.15, -0.1) is 0 Å². The first kappa shape index (κ1) is 20.9. The van der Waals surface area contributed by atoms with E-state index in [4.69, 9.17) is 47.9 Å². The Bertz CT molecular complexity index is 323. The second-order valence-electron chi connectivity index (χ2n) is 1.41. The molecule has 0 aliphatic rings. The van der Waals surface area contributed by atoms with Crippen molar-refractivity contribution in [3.63, 3.8) is 0 Å². The second kappa shape index (κ2) is 7.74. The first-order valence-electron chi connectivity index (χ1n) is 2.18. The Morgan fingerprint density at radius 1 is 0.933 bits per heavy atom. The van der Waals surface area contributed by atoms with Gasteiger partial charge in [-0.3, -0.25) is 0 Å². The first-order valence-corrected chi connectivity index (χ1v) is 12.2. The Morgan fingerprint density at radius 3 is 0.933 bits per heavy atom. The molecule has 0 rings (SSSR count). The van der Waals surface area contributed by atoms with E-state index in [1.165, 1.54) is 0 Å². The first-order chi connectivity index (χ1) is 6.00. The van der Waals surface area contributed by atoms with Crippen LogP contribution >= 0.6 is 7.82 Å². The summed E-state index contributed by atoms with van der Waals surface area (Å²) in [5.74, 6) is 0. The van der Waals surface area contributed by atoms with E-state index in [0.717, 1.165) is 0 Å². The second-order valence-corrected chi connectivity index (χ2v) is 7.85. The molecule has 0 bridgehead atoms. The van der Waals surface area contributed by atoms with Crippen LogP contribution in [-0.4, -0.2) is 29.7 Å². The molecule has 0 amide bonds. The van der Waals surface area contributed by atoms with Crippen LogP contribution in [0.2, 0.25) is 0 Å². The van der Waals surface area contributed by atoms with Crippen molar-refractivity contribution in [3.8, 4) is 0 Å². The summed E-state index contributed by atoms with van der Waals surface area (Å²) in [5.41, 5.74) is 0. The molecule has 0 saturated carbocycles. The van der Waals surface area contributed by atoms with Crippen LogP contribution < -0.4 is 0 Å². The molecular weight excluding hydrogens is 503 g/mol. The van der Waals surface area contributed by atoms with Gasteiger partial charge in [-0.1, -0.05) is 0 Å². The quantitative estimate of drug-likeness (QED) is 0.124. The normalized spacial score (nSPS) is 11.7. The van der Waals surface area contributed by atoms with Gasteiger partial charge in [-0.25, -0.2) is 4.57 Å². The summed E-state index contributed by atoms with van der Waals surface area (Å²) in [5, 5.41) is 0. The average molecular weight is 510 g/mol. The number of hydrogen-bond acceptors (Lipinski definition) is 5. The molecule has 0 aromatic heterocycles. The van der Waals surface area contributed by atoms with Crippen molar-refractivity contribution in [1.82, 2.24) is 0 Å². The molecular formula is H7MoO12PW. The van der Waals surface area contributed by atoms with Crippen molar-refractivity contribution in [2.75, 3.05) is 0 Å². The summed E-state index contributed by atoms with van der Waals surface area (Å²) in [6.45, 7) is 0. The zero-order valence-electron chi connectivity index (χ0n) is 6.44. The number of rotatable bonds is 0. The topological polar surface area (TPSA) is 227 Å². The fraction of sp³-hybridized carbons (Fsp3) is 0. The summed E-state index contributed by atoms with van der Waals surface area (Å²) in [4.78, 5) is 21.6. The summed E-state index contributed by atoms with van der Waals surface area (Å²) in [6, 6.07) is 0. The van der Waals surface area contributed by atoms with Gasteiger partial charge in [0.25, 0.3) is 0 Å². The Kier molecular flexibility index (Phi) is 10.8. The van der Waals surface area contributed by atoms with Gasteiger partial charge in [0.1, 0.15) is 0 Å². The molecule has 96 valence electrons. The van der Waals surface area contributed by atoms with Crippen molar-refractivity contribution in [1.29, 1.82) is 0 Å². The summed E-state index contributed by atoms with van der Waals surface area (Å²) < 4.78 is 73.0. The summed E-state index contributed by atoms with van der Waals surface area (Å²) in [6.07, 6.45) is 0. The van der Waals surface area contributed by atoms with Crippen LogP contribution in [0.5, 0.6) is 0 Å². The van der Waals surface area contributed by atoms with Crippen LogP contribution in [0.1, 0.15) is 0 Å². The standard InChI is InChI=1S/Mo.H3O4P.4H2O.4O.W/c;1-5(2,3)4;;;;;;;;;/h;(H3,1,2,3,4);4*1H2;;;;;/q+2;;;;;;;;;;+2/p-4. The molecule has 0 radical (unpaired) electrons. The maximum atomic E-state index is 8.88. The molecule has 12 nitrogen and oxygen atoms in total. The molecule has 0 unspecified atom stereocenters. The van der Waals surface area contributed by atoms with Gasteiger partial charge in [0.2, 0.25) is 0 Å². The minimum absolute atomic E-state index is 4.64. The predicted molar refractivity (Wildman–Crippen MR) is 25.9 cm³/mol. The third-order valence-corrected chi connectivity index (χ3v) is 0. The van der Waals surface area contributed by atoms with Gasteiger partial charge in [-0.2, -0.15) is 0 Å². The monoisotopic (exact) mass is 512 g/mol. The molecule has 0 fully saturated rings. The van der Waals surface area contributed by atoms with E-state index < -0.39 is 41.3 Å². The third kappa shape index (κ3) is 8220. The van der Waals surface area contributed by atoms with Crippen LogP contribution in [0, 0.1) is 0 Å². The van der Waals surface area contributed by atoms with Crippen molar-refractivity contribution >= 4 is 7.82 Å². The van der Waals surface area contributed by atoms with E-state index in [0.29, 0.717) is 0 Å². The van der Waals surface area contributed by atoms with Crippen molar-refractivity contribution in [2.45, 2.75) is 0 Å². The molecule has 0 heterocycles. The molecule has 0 spiro atoms. The SMILES string of the molecule is O=P(O)(O)O.[O]=[Mo](=[O])([OH])[OH].[O]=[W](=[O])([OH])[OH]. The molecule has 0 aromatic rings. The minimum atomic E-state index is -5.67. The maximum absolute atomic E-state index is 8.88. The van der Waals surface area contributed by atoms with Crippen LogP contribution in [0.4, 0.5) is 0 Å². The molecule has 0 saturated heterocycles. The van der Waals surface area contributed by atoms with Crippen LogP contribution in [0.25, 0.3) is 0 Å². The van der Waals surface area contributed by atoms with Crippen molar-refractivity contribution < 1.29 is 81.4 Å².